The first-order valence-electron chi connectivity index (χ1n) is 6.55. The van der Waals surface area contributed by atoms with Crippen LogP contribution in [0, 0.1) is 0 Å². The van der Waals surface area contributed by atoms with E-state index >= 15 is 0 Å². The molecule has 1 saturated heterocycles. The minimum Gasteiger partial charge on any atom is -0.348 e. The third-order valence-electron chi connectivity index (χ3n) is 3.04. The summed E-state index contributed by atoms with van der Waals surface area (Å²) in [6, 6.07) is 0. The molecule has 7 heteroatoms. The maximum Gasteiger partial charge on any atom is 0.434 e. The number of thiazole rings is 1. The summed E-state index contributed by atoms with van der Waals surface area (Å²) in [5.74, 6) is 0. The smallest absolute Gasteiger partial charge is 0.348 e. The van der Waals surface area contributed by atoms with Crippen molar-refractivity contribution in [3.05, 3.63) is 10.6 Å². The van der Waals surface area contributed by atoms with E-state index in [4.69, 9.17) is 0 Å². The molecule has 0 bridgehead atoms. The van der Waals surface area contributed by atoms with Crippen molar-refractivity contribution in [2.45, 2.75) is 38.9 Å². The minimum absolute atomic E-state index is 0.244. The summed E-state index contributed by atoms with van der Waals surface area (Å²) in [7, 11) is 0. The van der Waals surface area contributed by atoms with Crippen LogP contribution in [0.5, 0.6) is 0 Å². The summed E-state index contributed by atoms with van der Waals surface area (Å²) in [4.78, 5) is 6.06. The molecule has 0 unspecified atom stereocenters. The molecule has 0 radical (unpaired) electrons. The van der Waals surface area contributed by atoms with Gasteiger partial charge < -0.3 is 10.2 Å². The number of hydrogen-bond donors (Lipinski definition) is 1. The molecule has 0 aromatic carbocycles. The highest BCUT2D eigenvalue weighted by Crippen LogP contribution is 2.38. The molecule has 0 aliphatic carbocycles. The molecular weight excluding hydrogens is 275 g/mol. The van der Waals surface area contributed by atoms with Crippen LogP contribution >= 0.6 is 11.3 Å². The fourth-order valence-corrected chi connectivity index (χ4v) is 3.20. The van der Waals surface area contributed by atoms with Crippen LogP contribution in [0.25, 0.3) is 0 Å². The first kappa shape index (κ1) is 14.6. The van der Waals surface area contributed by atoms with Gasteiger partial charge in [-0.3, -0.25) is 0 Å². The molecule has 1 aromatic rings. The molecule has 1 aliphatic heterocycles. The number of rotatable bonds is 5. The van der Waals surface area contributed by atoms with Crippen LogP contribution in [0.4, 0.5) is 18.3 Å². The van der Waals surface area contributed by atoms with Crippen molar-refractivity contribution in [2.24, 2.45) is 0 Å². The van der Waals surface area contributed by atoms with Crippen molar-refractivity contribution in [2.75, 3.05) is 24.5 Å². The Morgan fingerprint density at radius 1 is 1.32 bits per heavy atom. The quantitative estimate of drug-likeness (QED) is 0.845. The van der Waals surface area contributed by atoms with Crippen LogP contribution in [-0.4, -0.2) is 24.6 Å². The zero-order valence-corrected chi connectivity index (χ0v) is 11.7. The molecule has 1 fully saturated rings. The highest BCUT2D eigenvalue weighted by molar-refractivity contribution is 7.15. The van der Waals surface area contributed by atoms with Crippen molar-refractivity contribution >= 4 is 16.5 Å². The van der Waals surface area contributed by atoms with E-state index in [0.29, 0.717) is 16.6 Å². The first-order valence-corrected chi connectivity index (χ1v) is 7.36. The third kappa shape index (κ3) is 3.60. The fourth-order valence-electron chi connectivity index (χ4n) is 2.10. The molecule has 0 spiro atoms. The zero-order valence-electron chi connectivity index (χ0n) is 10.9. The topological polar surface area (TPSA) is 28.2 Å². The van der Waals surface area contributed by atoms with Gasteiger partial charge >= 0.3 is 6.18 Å². The molecule has 3 nitrogen and oxygen atoms in total. The lowest BCUT2D eigenvalue weighted by molar-refractivity contribution is -0.141. The normalized spacial score (nSPS) is 16.3. The lowest BCUT2D eigenvalue weighted by Gasteiger charge is -2.12. The van der Waals surface area contributed by atoms with E-state index in [1.807, 2.05) is 11.8 Å². The van der Waals surface area contributed by atoms with E-state index in [0.717, 1.165) is 32.4 Å². The predicted molar refractivity (Wildman–Crippen MR) is 70.6 cm³/mol. The van der Waals surface area contributed by atoms with Gasteiger partial charge in [0.2, 0.25) is 0 Å². The Morgan fingerprint density at radius 3 is 2.58 bits per heavy atom. The molecule has 19 heavy (non-hydrogen) atoms. The summed E-state index contributed by atoms with van der Waals surface area (Å²) in [5.41, 5.74) is -0.719. The van der Waals surface area contributed by atoms with Crippen LogP contribution in [0.1, 0.15) is 36.8 Å². The molecule has 1 aliphatic rings. The van der Waals surface area contributed by atoms with E-state index in [-0.39, 0.29) is 6.54 Å². The Morgan fingerprint density at radius 2 is 2.00 bits per heavy atom. The fraction of sp³-hybridized carbons (Fsp3) is 0.750. The van der Waals surface area contributed by atoms with Crippen molar-refractivity contribution in [1.29, 1.82) is 0 Å². The van der Waals surface area contributed by atoms with Gasteiger partial charge in [0, 0.05) is 19.6 Å². The molecule has 1 N–H and O–H groups in total. The van der Waals surface area contributed by atoms with Gasteiger partial charge in [0.1, 0.15) is 0 Å². The molecule has 0 amide bonds. The Kier molecular flexibility index (Phi) is 4.67. The third-order valence-corrected chi connectivity index (χ3v) is 4.16. The number of hydrogen-bond acceptors (Lipinski definition) is 4. The van der Waals surface area contributed by atoms with Crippen LogP contribution in [0.15, 0.2) is 0 Å². The average Bonchev–Trinajstić information content (AvgIpc) is 2.96. The van der Waals surface area contributed by atoms with E-state index in [9.17, 15) is 13.2 Å². The number of nitrogens with one attached hydrogen (secondary N) is 1. The van der Waals surface area contributed by atoms with Gasteiger partial charge in [-0.1, -0.05) is 18.3 Å². The SMILES string of the molecule is CCCNCc1sc(N2CCCC2)nc1C(F)(F)F. The van der Waals surface area contributed by atoms with Crippen LogP contribution in [0.3, 0.4) is 0 Å². The summed E-state index contributed by atoms with van der Waals surface area (Å²) in [6.45, 7) is 4.57. The van der Waals surface area contributed by atoms with Gasteiger partial charge in [-0.2, -0.15) is 13.2 Å². The van der Waals surface area contributed by atoms with Crippen LogP contribution in [0.2, 0.25) is 0 Å². The molecule has 108 valence electrons. The van der Waals surface area contributed by atoms with Crippen molar-refractivity contribution in [3.8, 4) is 0 Å². The Hall–Kier alpha value is -0.820. The maximum atomic E-state index is 13.0. The molecule has 0 saturated carbocycles. The largest absolute Gasteiger partial charge is 0.434 e. The van der Waals surface area contributed by atoms with Crippen LogP contribution in [-0.2, 0) is 12.7 Å². The average molecular weight is 293 g/mol. The van der Waals surface area contributed by atoms with Crippen LogP contribution < -0.4 is 10.2 Å². The van der Waals surface area contributed by atoms with E-state index in [1.165, 1.54) is 11.3 Å². The second-order valence-corrected chi connectivity index (χ2v) is 5.70. The Balaban J connectivity index is 2.18. The summed E-state index contributed by atoms with van der Waals surface area (Å²) in [5, 5.41) is 3.53. The Bertz CT molecular complexity index is 411. The molecule has 2 rings (SSSR count). The number of anilines is 1. The van der Waals surface area contributed by atoms with Crippen molar-refractivity contribution in [3.63, 3.8) is 0 Å². The monoisotopic (exact) mass is 293 g/mol. The zero-order chi connectivity index (χ0) is 13.9. The van der Waals surface area contributed by atoms with E-state index < -0.39 is 11.9 Å². The predicted octanol–water partition coefficient (Wildman–Crippen LogP) is 3.26. The number of halogens is 3. The van der Waals surface area contributed by atoms with E-state index in [2.05, 4.69) is 10.3 Å². The standard InChI is InChI=1S/C12H18F3N3S/c1-2-5-16-8-9-10(12(13,14)15)17-11(19-9)18-6-3-4-7-18/h16H,2-8H2,1H3. The second-order valence-electron chi connectivity index (χ2n) is 4.64. The first-order chi connectivity index (χ1) is 9.02. The van der Waals surface area contributed by atoms with E-state index in [1.54, 1.807) is 0 Å². The maximum absolute atomic E-state index is 13.0. The summed E-state index contributed by atoms with van der Waals surface area (Å²) in [6.07, 6.45) is -1.40. The second kappa shape index (κ2) is 6.09. The molecule has 1 aromatic heterocycles. The summed E-state index contributed by atoms with van der Waals surface area (Å²) < 4.78 is 38.9. The van der Waals surface area contributed by atoms with Gasteiger partial charge in [0.15, 0.2) is 10.8 Å². The summed E-state index contributed by atoms with van der Waals surface area (Å²) >= 11 is 1.17. The Labute approximate surface area is 114 Å². The lowest BCUT2D eigenvalue weighted by atomic mass is 10.3. The van der Waals surface area contributed by atoms with Crippen molar-refractivity contribution in [1.82, 2.24) is 10.3 Å². The molecular formula is C12H18F3N3S. The number of aromatic nitrogens is 1. The molecule has 0 atom stereocenters. The number of nitrogens with zero attached hydrogens (tertiary/aromatic N) is 2. The van der Waals surface area contributed by atoms with Gasteiger partial charge in [0.25, 0.3) is 0 Å². The highest BCUT2D eigenvalue weighted by atomic mass is 32.1. The van der Waals surface area contributed by atoms with Gasteiger partial charge in [-0.05, 0) is 25.8 Å². The minimum atomic E-state index is -4.36. The number of alkyl halides is 3. The van der Waals surface area contributed by atoms with Gasteiger partial charge in [-0.15, -0.1) is 0 Å². The van der Waals surface area contributed by atoms with Crippen molar-refractivity contribution < 1.29 is 13.2 Å². The lowest BCUT2D eigenvalue weighted by Crippen LogP contribution is -2.18. The highest BCUT2D eigenvalue weighted by Gasteiger charge is 2.38. The van der Waals surface area contributed by atoms with Gasteiger partial charge in [-0.25, -0.2) is 4.98 Å². The van der Waals surface area contributed by atoms with Gasteiger partial charge in [0.05, 0.1) is 4.88 Å². The molecule has 2 heterocycles.